The Morgan fingerprint density at radius 3 is 3.00 bits per heavy atom. The standard InChI is InChI=1S/C9H11F3N2O2S/c10-9(11,12)7-5-17-8(13-7)14-16-4-6-1-2-15-3-6/h5-6H,1-4H2,(H,13,14). The lowest BCUT2D eigenvalue weighted by molar-refractivity contribution is -0.140. The van der Waals surface area contributed by atoms with Gasteiger partial charge in [0.25, 0.3) is 0 Å². The number of aromatic nitrogens is 1. The summed E-state index contributed by atoms with van der Waals surface area (Å²) in [5, 5.41) is 1.06. The van der Waals surface area contributed by atoms with E-state index < -0.39 is 11.9 Å². The molecule has 8 heteroatoms. The van der Waals surface area contributed by atoms with Crippen molar-refractivity contribution in [2.75, 3.05) is 25.3 Å². The molecule has 0 aliphatic carbocycles. The maximum Gasteiger partial charge on any atom is 0.434 e. The molecule has 0 bridgehead atoms. The van der Waals surface area contributed by atoms with E-state index in [0.717, 1.165) is 23.1 Å². The lowest BCUT2D eigenvalue weighted by Crippen LogP contribution is -2.13. The quantitative estimate of drug-likeness (QED) is 0.852. The molecule has 2 rings (SSSR count). The van der Waals surface area contributed by atoms with Crippen LogP contribution in [0.25, 0.3) is 0 Å². The number of ether oxygens (including phenoxy) is 1. The summed E-state index contributed by atoms with van der Waals surface area (Å²) in [5.74, 6) is 0.296. The van der Waals surface area contributed by atoms with Crippen LogP contribution in [0.2, 0.25) is 0 Å². The molecule has 0 radical (unpaired) electrons. The van der Waals surface area contributed by atoms with Crippen LogP contribution in [-0.4, -0.2) is 24.8 Å². The molecule has 1 aromatic heterocycles. The van der Waals surface area contributed by atoms with Crippen LogP contribution in [0.5, 0.6) is 0 Å². The molecule has 4 nitrogen and oxygen atoms in total. The smallest absolute Gasteiger partial charge is 0.381 e. The van der Waals surface area contributed by atoms with Crippen molar-refractivity contribution in [3.05, 3.63) is 11.1 Å². The molecule has 0 aromatic carbocycles. The second-order valence-corrected chi connectivity index (χ2v) is 4.54. The first-order chi connectivity index (χ1) is 8.05. The fourth-order valence-electron chi connectivity index (χ4n) is 1.39. The van der Waals surface area contributed by atoms with Crippen LogP contribution in [0, 0.1) is 5.92 Å². The minimum Gasteiger partial charge on any atom is -0.381 e. The summed E-state index contributed by atoms with van der Waals surface area (Å²) in [6.45, 7) is 1.75. The van der Waals surface area contributed by atoms with Gasteiger partial charge in [-0.15, -0.1) is 11.3 Å². The number of rotatable bonds is 4. The van der Waals surface area contributed by atoms with Gasteiger partial charge < -0.3 is 4.74 Å². The van der Waals surface area contributed by atoms with Gasteiger partial charge in [-0.25, -0.2) is 10.5 Å². The largest absolute Gasteiger partial charge is 0.434 e. The molecule has 2 heterocycles. The molecular weight excluding hydrogens is 257 g/mol. The zero-order chi connectivity index (χ0) is 12.3. The molecule has 17 heavy (non-hydrogen) atoms. The topological polar surface area (TPSA) is 43.4 Å². The van der Waals surface area contributed by atoms with Gasteiger partial charge >= 0.3 is 6.18 Å². The molecule has 1 aliphatic heterocycles. The van der Waals surface area contributed by atoms with E-state index in [1.807, 2.05) is 0 Å². The number of anilines is 1. The van der Waals surface area contributed by atoms with Crippen LogP contribution >= 0.6 is 11.3 Å². The van der Waals surface area contributed by atoms with E-state index in [1.165, 1.54) is 0 Å². The summed E-state index contributed by atoms with van der Waals surface area (Å²) in [5.41, 5.74) is 1.51. The predicted octanol–water partition coefficient (Wildman–Crippen LogP) is 2.54. The van der Waals surface area contributed by atoms with Gasteiger partial charge in [0.2, 0.25) is 5.13 Å². The van der Waals surface area contributed by atoms with Crippen molar-refractivity contribution in [3.63, 3.8) is 0 Å². The summed E-state index contributed by atoms with van der Waals surface area (Å²) in [4.78, 5) is 8.45. The highest BCUT2D eigenvalue weighted by atomic mass is 32.1. The average Bonchev–Trinajstić information content (AvgIpc) is 2.86. The Kier molecular flexibility index (Phi) is 3.85. The van der Waals surface area contributed by atoms with Gasteiger partial charge in [-0.3, -0.25) is 4.84 Å². The molecule has 1 fully saturated rings. The summed E-state index contributed by atoms with van der Waals surface area (Å²) < 4.78 is 41.8. The van der Waals surface area contributed by atoms with Gasteiger partial charge in [-0.1, -0.05) is 0 Å². The van der Waals surface area contributed by atoms with Crippen LogP contribution < -0.4 is 5.48 Å². The molecule has 1 aliphatic rings. The number of thiazole rings is 1. The Labute approximate surface area is 99.7 Å². The van der Waals surface area contributed by atoms with Crippen LogP contribution in [0.15, 0.2) is 5.38 Å². The number of nitrogens with zero attached hydrogens (tertiary/aromatic N) is 1. The highest BCUT2D eigenvalue weighted by Gasteiger charge is 2.33. The van der Waals surface area contributed by atoms with E-state index in [2.05, 4.69) is 10.5 Å². The summed E-state index contributed by atoms with van der Waals surface area (Å²) >= 11 is 0.860. The van der Waals surface area contributed by atoms with Gasteiger partial charge in [0.05, 0.1) is 13.2 Å². The Morgan fingerprint density at radius 1 is 1.59 bits per heavy atom. The second kappa shape index (κ2) is 5.19. The van der Waals surface area contributed by atoms with Crippen molar-refractivity contribution >= 4 is 16.5 Å². The second-order valence-electron chi connectivity index (χ2n) is 3.68. The molecule has 1 N–H and O–H groups in total. The van der Waals surface area contributed by atoms with Crippen LogP contribution in [0.1, 0.15) is 12.1 Å². The lowest BCUT2D eigenvalue weighted by atomic mass is 10.1. The summed E-state index contributed by atoms with van der Waals surface area (Å²) in [6, 6.07) is 0. The van der Waals surface area contributed by atoms with Crippen molar-refractivity contribution < 1.29 is 22.7 Å². The fraction of sp³-hybridized carbons (Fsp3) is 0.667. The van der Waals surface area contributed by atoms with Crippen LogP contribution in [0.3, 0.4) is 0 Å². The molecule has 0 amide bonds. The Bertz CT molecular complexity index is 363. The lowest BCUT2D eigenvalue weighted by Gasteiger charge is -2.07. The van der Waals surface area contributed by atoms with E-state index in [9.17, 15) is 13.2 Å². The third kappa shape index (κ3) is 3.55. The summed E-state index contributed by atoms with van der Waals surface area (Å²) in [7, 11) is 0. The Balaban J connectivity index is 1.77. The van der Waals surface area contributed by atoms with Crippen molar-refractivity contribution in [3.8, 4) is 0 Å². The number of halogens is 3. The Morgan fingerprint density at radius 2 is 2.41 bits per heavy atom. The highest BCUT2D eigenvalue weighted by Crippen LogP contribution is 2.31. The molecule has 0 saturated carbocycles. The normalized spacial score (nSPS) is 20.8. The van der Waals surface area contributed by atoms with Crippen molar-refractivity contribution in [1.82, 2.24) is 4.98 Å². The van der Waals surface area contributed by atoms with E-state index >= 15 is 0 Å². The molecule has 1 atom stereocenters. The monoisotopic (exact) mass is 268 g/mol. The first-order valence-corrected chi connectivity index (χ1v) is 5.92. The fourth-order valence-corrected chi connectivity index (χ4v) is 2.05. The SMILES string of the molecule is FC(F)(F)c1csc(NOCC2CCOC2)n1. The summed E-state index contributed by atoms with van der Waals surface area (Å²) in [6.07, 6.45) is -3.50. The van der Waals surface area contributed by atoms with Gasteiger partial charge in [-0.2, -0.15) is 13.2 Å². The van der Waals surface area contributed by atoms with Gasteiger partial charge in [0, 0.05) is 17.9 Å². The molecule has 1 saturated heterocycles. The molecule has 96 valence electrons. The number of hydrogen-bond donors (Lipinski definition) is 1. The zero-order valence-corrected chi connectivity index (χ0v) is 9.61. The van der Waals surface area contributed by atoms with E-state index in [-0.39, 0.29) is 5.13 Å². The maximum absolute atomic E-state index is 12.2. The van der Waals surface area contributed by atoms with Crippen molar-refractivity contribution in [2.45, 2.75) is 12.6 Å². The van der Waals surface area contributed by atoms with E-state index in [4.69, 9.17) is 9.57 Å². The Hall–Kier alpha value is -0.860. The first-order valence-electron chi connectivity index (χ1n) is 5.04. The first kappa shape index (κ1) is 12.6. The average molecular weight is 268 g/mol. The van der Waals surface area contributed by atoms with Crippen LogP contribution in [0.4, 0.5) is 18.3 Å². The maximum atomic E-state index is 12.2. The molecular formula is C9H11F3N2O2S. The van der Waals surface area contributed by atoms with Crippen molar-refractivity contribution in [2.24, 2.45) is 5.92 Å². The third-order valence-electron chi connectivity index (χ3n) is 2.30. The predicted molar refractivity (Wildman–Crippen MR) is 55.6 cm³/mol. The molecule has 0 spiro atoms. The van der Waals surface area contributed by atoms with Crippen molar-refractivity contribution in [1.29, 1.82) is 0 Å². The van der Waals surface area contributed by atoms with Gasteiger partial charge in [-0.05, 0) is 6.42 Å². The number of hydrogen-bond acceptors (Lipinski definition) is 5. The molecule has 1 aromatic rings. The molecule has 1 unspecified atom stereocenters. The van der Waals surface area contributed by atoms with E-state index in [0.29, 0.717) is 25.7 Å². The highest BCUT2D eigenvalue weighted by molar-refractivity contribution is 7.13. The van der Waals surface area contributed by atoms with Gasteiger partial charge in [0.15, 0.2) is 5.69 Å². The van der Waals surface area contributed by atoms with Gasteiger partial charge in [0.1, 0.15) is 0 Å². The number of alkyl halides is 3. The third-order valence-corrected chi connectivity index (χ3v) is 3.04. The minimum absolute atomic E-state index is 0.108. The zero-order valence-electron chi connectivity index (χ0n) is 8.79. The van der Waals surface area contributed by atoms with E-state index in [1.54, 1.807) is 0 Å². The number of nitrogens with one attached hydrogen (secondary N) is 1. The van der Waals surface area contributed by atoms with Crippen LogP contribution in [-0.2, 0) is 15.8 Å². The minimum atomic E-state index is -4.41.